The van der Waals surface area contributed by atoms with E-state index in [1.54, 1.807) is 0 Å². The molecule has 1 aromatic rings. The van der Waals surface area contributed by atoms with Gasteiger partial charge in [-0.2, -0.15) is 0 Å². The molecule has 0 aromatic heterocycles. The van der Waals surface area contributed by atoms with E-state index in [9.17, 15) is 4.79 Å². The molecular formula is C26H36N2O2. The first-order valence-corrected chi connectivity index (χ1v) is 12.5. The van der Waals surface area contributed by atoms with Gasteiger partial charge >= 0.3 is 0 Å². The molecule has 0 radical (unpaired) electrons. The number of amides is 1. The fourth-order valence-electron chi connectivity index (χ4n) is 7.76. The van der Waals surface area contributed by atoms with Crippen molar-refractivity contribution in [3.63, 3.8) is 0 Å². The van der Waals surface area contributed by atoms with Gasteiger partial charge < -0.3 is 9.64 Å². The number of likely N-dealkylation sites (tertiary alicyclic amines) is 2. The van der Waals surface area contributed by atoms with Gasteiger partial charge in [-0.3, -0.25) is 9.69 Å². The molecule has 6 fully saturated rings. The number of hydrogen-bond acceptors (Lipinski definition) is 3. The van der Waals surface area contributed by atoms with E-state index in [2.05, 4.69) is 4.90 Å². The molecule has 4 nitrogen and oxygen atoms in total. The molecule has 0 atom stereocenters. The second-order valence-electron chi connectivity index (χ2n) is 10.8. The van der Waals surface area contributed by atoms with E-state index in [1.807, 2.05) is 29.2 Å². The van der Waals surface area contributed by atoms with E-state index < -0.39 is 0 Å². The zero-order valence-corrected chi connectivity index (χ0v) is 18.2. The molecule has 0 N–H and O–H groups in total. The summed E-state index contributed by atoms with van der Waals surface area (Å²) >= 11 is 0. The number of benzene rings is 1. The first-order valence-electron chi connectivity index (χ1n) is 12.5. The lowest BCUT2D eigenvalue weighted by Gasteiger charge is -2.58. The Labute approximate surface area is 180 Å². The Morgan fingerprint density at radius 1 is 0.800 bits per heavy atom. The number of rotatable bonds is 4. The first-order chi connectivity index (χ1) is 14.7. The Morgan fingerprint density at radius 3 is 2.00 bits per heavy atom. The van der Waals surface area contributed by atoms with Gasteiger partial charge in [0.05, 0.1) is 0 Å². The van der Waals surface area contributed by atoms with Gasteiger partial charge in [0, 0.05) is 37.8 Å². The molecule has 6 aliphatic rings. The first kappa shape index (κ1) is 19.2. The van der Waals surface area contributed by atoms with E-state index >= 15 is 0 Å². The van der Waals surface area contributed by atoms with Gasteiger partial charge in [0.25, 0.3) is 5.91 Å². The fraction of sp³-hybridized carbons (Fsp3) is 0.731. The van der Waals surface area contributed by atoms with Crippen LogP contribution in [0.1, 0.15) is 68.1 Å². The standard InChI is InChI=1S/C26H36N2O2/c29-26(28-9-1-2-10-28)20-3-5-23(6-4-20)30-24-7-11-27(12-8-24)25-21-14-18-13-19(16-21)17-22(25)15-18/h3-6,18-19,21-22,24-25H,1-2,7-17H2. The molecule has 4 aliphatic carbocycles. The molecule has 7 rings (SSSR count). The Balaban J connectivity index is 1.02. The molecule has 2 saturated heterocycles. The SMILES string of the molecule is O=C(c1ccc(OC2CCN(C3C4CC5CC(C4)CC3C5)CC2)cc1)N1CCCC1. The fourth-order valence-corrected chi connectivity index (χ4v) is 7.76. The van der Waals surface area contributed by atoms with Crippen LogP contribution >= 0.6 is 0 Å². The van der Waals surface area contributed by atoms with Crippen molar-refractivity contribution in [1.29, 1.82) is 0 Å². The Morgan fingerprint density at radius 2 is 1.40 bits per heavy atom. The third-order valence-electron chi connectivity index (χ3n) is 8.87. The van der Waals surface area contributed by atoms with Crippen molar-refractivity contribution >= 4 is 5.91 Å². The Hall–Kier alpha value is -1.55. The van der Waals surface area contributed by atoms with Gasteiger partial charge in [-0.05, 0) is 106 Å². The van der Waals surface area contributed by atoms with Crippen LogP contribution in [0.5, 0.6) is 5.75 Å². The molecule has 1 amide bonds. The normalized spacial score (nSPS) is 36.4. The highest BCUT2D eigenvalue weighted by molar-refractivity contribution is 5.94. The van der Waals surface area contributed by atoms with Gasteiger partial charge in [0.1, 0.15) is 11.9 Å². The third-order valence-corrected chi connectivity index (χ3v) is 8.87. The smallest absolute Gasteiger partial charge is 0.253 e. The summed E-state index contributed by atoms with van der Waals surface area (Å²) in [6, 6.07) is 8.75. The highest BCUT2D eigenvalue weighted by atomic mass is 16.5. The van der Waals surface area contributed by atoms with E-state index in [1.165, 1.54) is 45.2 Å². The second kappa shape index (κ2) is 7.85. The van der Waals surface area contributed by atoms with Crippen molar-refractivity contribution in [3.8, 4) is 5.75 Å². The minimum atomic E-state index is 0.169. The van der Waals surface area contributed by atoms with Gasteiger partial charge in [-0.25, -0.2) is 0 Å². The van der Waals surface area contributed by atoms with Crippen LogP contribution in [0.15, 0.2) is 24.3 Å². The average Bonchev–Trinajstić information content (AvgIpc) is 3.29. The predicted molar refractivity (Wildman–Crippen MR) is 118 cm³/mol. The number of piperidine rings is 1. The molecule has 162 valence electrons. The van der Waals surface area contributed by atoms with Crippen molar-refractivity contribution < 1.29 is 9.53 Å². The largest absolute Gasteiger partial charge is 0.490 e. The maximum atomic E-state index is 12.5. The Bertz CT molecular complexity index is 734. The zero-order valence-electron chi connectivity index (χ0n) is 18.2. The molecule has 0 spiro atoms. The van der Waals surface area contributed by atoms with Crippen LogP contribution < -0.4 is 4.74 Å². The van der Waals surface area contributed by atoms with Crippen molar-refractivity contribution in [1.82, 2.24) is 9.80 Å². The molecule has 30 heavy (non-hydrogen) atoms. The van der Waals surface area contributed by atoms with E-state index in [-0.39, 0.29) is 5.91 Å². The minimum absolute atomic E-state index is 0.169. The second-order valence-corrected chi connectivity index (χ2v) is 10.8. The third kappa shape index (κ3) is 3.55. The monoisotopic (exact) mass is 408 g/mol. The maximum absolute atomic E-state index is 12.5. The van der Waals surface area contributed by atoms with Crippen LogP contribution in [-0.2, 0) is 0 Å². The van der Waals surface area contributed by atoms with Crippen LogP contribution in [0.3, 0.4) is 0 Å². The zero-order chi connectivity index (χ0) is 20.1. The molecule has 1 aromatic carbocycles. The van der Waals surface area contributed by atoms with Crippen LogP contribution in [0.2, 0.25) is 0 Å². The summed E-state index contributed by atoms with van der Waals surface area (Å²) in [4.78, 5) is 17.3. The molecule has 4 heteroatoms. The summed E-state index contributed by atoms with van der Waals surface area (Å²) in [5.41, 5.74) is 0.793. The molecule has 0 unspecified atom stereocenters. The van der Waals surface area contributed by atoms with E-state index in [0.717, 1.165) is 79.8 Å². The van der Waals surface area contributed by atoms with Crippen LogP contribution in [0.25, 0.3) is 0 Å². The summed E-state index contributed by atoms with van der Waals surface area (Å²) in [5.74, 6) is 5.18. The highest BCUT2D eigenvalue weighted by Gasteiger charge is 2.50. The van der Waals surface area contributed by atoms with Gasteiger partial charge in [0.2, 0.25) is 0 Å². The quantitative estimate of drug-likeness (QED) is 0.730. The predicted octanol–water partition coefficient (Wildman–Crippen LogP) is 4.59. The van der Waals surface area contributed by atoms with Crippen molar-refractivity contribution in [3.05, 3.63) is 29.8 Å². The highest BCUT2D eigenvalue weighted by Crippen LogP contribution is 2.55. The summed E-state index contributed by atoms with van der Waals surface area (Å²) < 4.78 is 6.32. The van der Waals surface area contributed by atoms with Gasteiger partial charge in [-0.15, -0.1) is 0 Å². The average molecular weight is 409 g/mol. The van der Waals surface area contributed by atoms with Crippen molar-refractivity contribution in [2.24, 2.45) is 23.7 Å². The number of carbonyl (C=O) groups is 1. The van der Waals surface area contributed by atoms with Gasteiger partial charge in [0.15, 0.2) is 0 Å². The summed E-state index contributed by atoms with van der Waals surface area (Å²) in [6.45, 7) is 4.20. The molecule has 2 heterocycles. The number of nitrogens with zero attached hydrogens (tertiary/aromatic N) is 2. The Kier molecular flexibility index (Phi) is 5.02. The lowest BCUT2D eigenvalue weighted by Crippen LogP contribution is -2.58. The lowest BCUT2D eigenvalue weighted by molar-refractivity contribution is -0.0773. The molecule has 4 saturated carbocycles. The molecular weight excluding hydrogens is 372 g/mol. The summed E-state index contributed by atoms with van der Waals surface area (Å²) in [7, 11) is 0. The number of ether oxygens (including phenoxy) is 1. The van der Waals surface area contributed by atoms with Crippen LogP contribution in [-0.4, -0.2) is 54.0 Å². The summed E-state index contributed by atoms with van der Waals surface area (Å²) in [5, 5.41) is 0. The minimum Gasteiger partial charge on any atom is -0.490 e. The number of carbonyl (C=O) groups excluding carboxylic acids is 1. The topological polar surface area (TPSA) is 32.8 Å². The van der Waals surface area contributed by atoms with Gasteiger partial charge in [-0.1, -0.05) is 0 Å². The van der Waals surface area contributed by atoms with Crippen LogP contribution in [0, 0.1) is 23.7 Å². The van der Waals surface area contributed by atoms with Crippen molar-refractivity contribution in [2.45, 2.75) is 69.9 Å². The molecule has 4 bridgehead atoms. The maximum Gasteiger partial charge on any atom is 0.253 e. The lowest BCUT2D eigenvalue weighted by atomic mass is 9.53. The number of hydrogen-bond donors (Lipinski definition) is 0. The van der Waals surface area contributed by atoms with Crippen molar-refractivity contribution in [2.75, 3.05) is 26.2 Å². The molecule has 2 aliphatic heterocycles. The van der Waals surface area contributed by atoms with E-state index in [0.29, 0.717) is 6.10 Å². The van der Waals surface area contributed by atoms with E-state index in [4.69, 9.17) is 4.74 Å². The summed E-state index contributed by atoms with van der Waals surface area (Å²) in [6.07, 6.45) is 12.4. The van der Waals surface area contributed by atoms with Crippen LogP contribution in [0.4, 0.5) is 0 Å².